The first-order valence-corrected chi connectivity index (χ1v) is 8.04. The van der Waals surface area contributed by atoms with E-state index in [2.05, 4.69) is 21.7 Å². The highest BCUT2D eigenvalue weighted by Gasteiger charge is 2.27. The second kappa shape index (κ2) is 6.81. The number of carbonyl (C=O) groups is 1. The predicted molar refractivity (Wildman–Crippen MR) is 86.6 cm³/mol. The highest BCUT2D eigenvalue weighted by atomic mass is 16.5. The second-order valence-electron chi connectivity index (χ2n) is 5.77. The Balaban J connectivity index is 1.63. The topological polar surface area (TPSA) is 60.2 Å². The van der Waals surface area contributed by atoms with Crippen LogP contribution in [0.2, 0.25) is 0 Å². The molecule has 1 saturated heterocycles. The Bertz CT molecular complexity index is 657. The maximum Gasteiger partial charge on any atom is 0.253 e. The summed E-state index contributed by atoms with van der Waals surface area (Å²) in [4.78, 5) is 14.5. The zero-order valence-electron chi connectivity index (χ0n) is 13.6. The van der Waals surface area contributed by atoms with Crippen LogP contribution in [0.15, 0.2) is 30.6 Å². The lowest BCUT2D eigenvalue weighted by atomic mass is 9.95. The van der Waals surface area contributed by atoms with E-state index in [4.69, 9.17) is 4.74 Å². The van der Waals surface area contributed by atoms with Crippen LogP contribution in [0.1, 0.15) is 41.9 Å². The average molecular weight is 314 g/mol. The number of ether oxygens (including phenoxy) is 1. The summed E-state index contributed by atoms with van der Waals surface area (Å²) in [5.41, 5.74) is 0.709. The van der Waals surface area contributed by atoms with Crippen LogP contribution in [-0.2, 0) is 6.54 Å². The molecule has 1 aliphatic heterocycles. The van der Waals surface area contributed by atoms with Crippen LogP contribution in [0.3, 0.4) is 0 Å². The largest absolute Gasteiger partial charge is 0.497 e. The number of amides is 1. The second-order valence-corrected chi connectivity index (χ2v) is 5.77. The summed E-state index contributed by atoms with van der Waals surface area (Å²) in [6.07, 6.45) is 3.64. The van der Waals surface area contributed by atoms with Crippen molar-refractivity contribution < 1.29 is 9.53 Å². The minimum absolute atomic E-state index is 0.0862. The molecule has 2 heterocycles. The van der Waals surface area contributed by atoms with Gasteiger partial charge in [-0.1, -0.05) is 0 Å². The zero-order chi connectivity index (χ0) is 16.2. The van der Waals surface area contributed by atoms with Crippen LogP contribution >= 0.6 is 0 Å². The Hall–Kier alpha value is -2.37. The molecular formula is C17H22N4O2. The third-order valence-corrected chi connectivity index (χ3v) is 4.47. The molecule has 6 nitrogen and oxygen atoms in total. The molecule has 1 aromatic heterocycles. The summed E-state index contributed by atoms with van der Waals surface area (Å²) in [7, 11) is 1.62. The van der Waals surface area contributed by atoms with Gasteiger partial charge in [0.1, 0.15) is 17.9 Å². The molecule has 23 heavy (non-hydrogen) atoms. The van der Waals surface area contributed by atoms with Crippen molar-refractivity contribution in [3.05, 3.63) is 42.0 Å². The molecule has 0 unspecified atom stereocenters. The molecule has 0 spiro atoms. The predicted octanol–water partition coefficient (Wildman–Crippen LogP) is 2.33. The number of carbonyl (C=O) groups excluding carboxylic acids is 1. The molecule has 122 valence electrons. The van der Waals surface area contributed by atoms with Gasteiger partial charge in [0.05, 0.1) is 7.11 Å². The smallest absolute Gasteiger partial charge is 0.253 e. The highest BCUT2D eigenvalue weighted by Crippen LogP contribution is 2.27. The fourth-order valence-corrected chi connectivity index (χ4v) is 3.08. The van der Waals surface area contributed by atoms with E-state index in [1.807, 2.05) is 29.2 Å². The molecule has 0 atom stereocenters. The fraction of sp³-hybridized carbons (Fsp3) is 0.471. The number of likely N-dealkylation sites (tertiary alicyclic amines) is 1. The molecule has 0 saturated carbocycles. The number of aryl methyl sites for hydroxylation is 1. The number of nitrogens with zero attached hydrogens (tertiary/aromatic N) is 4. The zero-order valence-corrected chi connectivity index (χ0v) is 13.6. The van der Waals surface area contributed by atoms with Crippen LogP contribution in [-0.4, -0.2) is 45.8 Å². The molecular weight excluding hydrogens is 292 g/mol. The van der Waals surface area contributed by atoms with Crippen LogP contribution in [0.5, 0.6) is 5.75 Å². The summed E-state index contributed by atoms with van der Waals surface area (Å²) >= 11 is 0. The molecule has 3 rings (SSSR count). The number of benzene rings is 1. The SMILES string of the molecule is CCn1cnnc1C1CCN(C(=O)c2ccc(OC)cc2)CC1. The number of aromatic nitrogens is 3. The van der Waals surface area contributed by atoms with Crippen molar-refractivity contribution in [1.82, 2.24) is 19.7 Å². The van der Waals surface area contributed by atoms with Crippen molar-refractivity contribution in [2.45, 2.75) is 32.2 Å². The normalized spacial score (nSPS) is 15.7. The summed E-state index contributed by atoms with van der Waals surface area (Å²) in [6.45, 7) is 4.49. The van der Waals surface area contributed by atoms with E-state index in [1.54, 1.807) is 13.4 Å². The number of methoxy groups -OCH3 is 1. The van der Waals surface area contributed by atoms with Crippen LogP contribution in [0.25, 0.3) is 0 Å². The van der Waals surface area contributed by atoms with Gasteiger partial charge in [-0.15, -0.1) is 10.2 Å². The molecule has 2 aromatic rings. The van der Waals surface area contributed by atoms with E-state index < -0.39 is 0 Å². The van der Waals surface area contributed by atoms with E-state index in [0.29, 0.717) is 11.5 Å². The first-order chi connectivity index (χ1) is 11.2. The molecule has 0 N–H and O–H groups in total. The molecule has 1 aromatic carbocycles. The minimum atomic E-state index is 0.0862. The molecule has 0 aliphatic carbocycles. The first-order valence-electron chi connectivity index (χ1n) is 8.04. The Kier molecular flexibility index (Phi) is 4.60. The lowest BCUT2D eigenvalue weighted by Crippen LogP contribution is -2.38. The lowest BCUT2D eigenvalue weighted by Gasteiger charge is -2.31. The van der Waals surface area contributed by atoms with E-state index in [-0.39, 0.29) is 5.91 Å². The van der Waals surface area contributed by atoms with Crippen molar-refractivity contribution in [2.24, 2.45) is 0 Å². The van der Waals surface area contributed by atoms with Crippen LogP contribution in [0, 0.1) is 0 Å². The average Bonchev–Trinajstić information content (AvgIpc) is 3.10. The number of hydrogen-bond acceptors (Lipinski definition) is 4. The summed E-state index contributed by atoms with van der Waals surface area (Å²) in [6, 6.07) is 7.29. The Morgan fingerprint density at radius 1 is 1.26 bits per heavy atom. The molecule has 1 amide bonds. The molecule has 1 aliphatic rings. The van der Waals surface area contributed by atoms with Gasteiger partial charge in [-0.3, -0.25) is 4.79 Å². The summed E-state index contributed by atoms with van der Waals surface area (Å²) in [5.74, 6) is 2.28. The Morgan fingerprint density at radius 3 is 2.57 bits per heavy atom. The van der Waals surface area contributed by atoms with Gasteiger partial charge < -0.3 is 14.2 Å². The third-order valence-electron chi connectivity index (χ3n) is 4.47. The Morgan fingerprint density at radius 2 is 1.96 bits per heavy atom. The lowest BCUT2D eigenvalue weighted by molar-refractivity contribution is 0.0710. The highest BCUT2D eigenvalue weighted by molar-refractivity contribution is 5.94. The number of hydrogen-bond donors (Lipinski definition) is 0. The summed E-state index contributed by atoms with van der Waals surface area (Å²) in [5, 5.41) is 8.26. The van der Waals surface area contributed by atoms with Crippen molar-refractivity contribution in [1.29, 1.82) is 0 Å². The third kappa shape index (κ3) is 3.21. The van der Waals surface area contributed by atoms with Gasteiger partial charge in [-0.2, -0.15) is 0 Å². The van der Waals surface area contributed by atoms with Crippen LogP contribution < -0.4 is 4.74 Å². The van der Waals surface area contributed by atoms with E-state index in [1.165, 1.54) is 0 Å². The standard InChI is InChI=1S/C17H22N4O2/c1-3-20-12-18-19-16(20)13-8-10-21(11-9-13)17(22)14-4-6-15(23-2)7-5-14/h4-7,12-13H,3,8-11H2,1-2H3. The maximum atomic E-state index is 12.6. The van der Waals surface area contributed by atoms with E-state index >= 15 is 0 Å². The number of piperidine rings is 1. The van der Waals surface area contributed by atoms with Crippen LogP contribution in [0.4, 0.5) is 0 Å². The fourth-order valence-electron chi connectivity index (χ4n) is 3.08. The van der Waals surface area contributed by atoms with Gasteiger partial charge in [0.15, 0.2) is 0 Å². The van der Waals surface area contributed by atoms with E-state index in [9.17, 15) is 4.79 Å². The van der Waals surface area contributed by atoms with E-state index in [0.717, 1.165) is 44.0 Å². The quantitative estimate of drug-likeness (QED) is 0.869. The van der Waals surface area contributed by atoms with Gasteiger partial charge in [-0.25, -0.2) is 0 Å². The van der Waals surface area contributed by atoms with Gasteiger partial charge >= 0.3 is 0 Å². The maximum absolute atomic E-state index is 12.6. The molecule has 0 bridgehead atoms. The van der Waals surface area contributed by atoms with Crippen molar-refractivity contribution >= 4 is 5.91 Å². The van der Waals surface area contributed by atoms with Crippen molar-refractivity contribution in [3.63, 3.8) is 0 Å². The van der Waals surface area contributed by atoms with Crippen molar-refractivity contribution in [2.75, 3.05) is 20.2 Å². The molecule has 1 fully saturated rings. The molecule has 6 heteroatoms. The van der Waals surface area contributed by atoms with Gasteiger partial charge in [0.25, 0.3) is 5.91 Å². The molecule has 0 radical (unpaired) electrons. The van der Waals surface area contributed by atoms with Gasteiger partial charge in [0.2, 0.25) is 0 Å². The van der Waals surface area contributed by atoms with Gasteiger partial charge in [-0.05, 0) is 44.0 Å². The minimum Gasteiger partial charge on any atom is -0.497 e. The summed E-state index contributed by atoms with van der Waals surface area (Å²) < 4.78 is 7.22. The van der Waals surface area contributed by atoms with Gasteiger partial charge in [0, 0.05) is 31.1 Å². The number of rotatable bonds is 4. The van der Waals surface area contributed by atoms with Crippen molar-refractivity contribution in [3.8, 4) is 5.75 Å². The first kappa shape index (κ1) is 15.5. The monoisotopic (exact) mass is 314 g/mol. The Labute approximate surface area is 136 Å².